The van der Waals surface area contributed by atoms with Crippen molar-refractivity contribution in [3.05, 3.63) is 115 Å². The minimum atomic E-state index is -1.51. The molecule has 0 N–H and O–H groups in total. The average molecular weight is 705 g/mol. The van der Waals surface area contributed by atoms with Crippen LogP contribution in [0.15, 0.2) is 102 Å². The molecule has 3 aromatic heterocycles. The first kappa shape index (κ1) is 28.6. The molecule has 0 saturated carbocycles. The van der Waals surface area contributed by atoms with Crippen LogP contribution in [0.2, 0.25) is 19.6 Å². The van der Waals surface area contributed by atoms with Crippen molar-refractivity contribution in [3.63, 3.8) is 0 Å². The second kappa shape index (κ2) is 12.2. The Labute approximate surface area is 245 Å². The monoisotopic (exact) mass is 705 g/mol. The van der Waals surface area contributed by atoms with Crippen LogP contribution in [-0.4, -0.2) is 18.0 Å². The smallest absolute Gasteiger partial charge is 0.120 e. The molecule has 6 rings (SSSR count). The number of hydrogen-bond acceptors (Lipinski definition) is 3. The van der Waals surface area contributed by atoms with Gasteiger partial charge in [0.2, 0.25) is 0 Å². The number of aromatic nitrogens is 2. The van der Waals surface area contributed by atoms with Gasteiger partial charge in [-0.05, 0) is 35.5 Å². The molecule has 6 aromatic rings. The summed E-state index contributed by atoms with van der Waals surface area (Å²) < 4.78 is 6.22. The first-order valence-corrected chi connectivity index (χ1v) is 16.5. The van der Waals surface area contributed by atoms with E-state index >= 15 is 0 Å². The summed E-state index contributed by atoms with van der Waals surface area (Å²) >= 11 is 0. The van der Waals surface area contributed by atoms with Crippen LogP contribution < -0.4 is 5.19 Å². The Morgan fingerprint density at radius 1 is 0.795 bits per heavy atom. The van der Waals surface area contributed by atoms with Gasteiger partial charge in [0.15, 0.2) is 0 Å². The van der Waals surface area contributed by atoms with Gasteiger partial charge in [-0.2, -0.15) is 0 Å². The zero-order valence-electron chi connectivity index (χ0n) is 23.0. The minimum absolute atomic E-state index is 0. The quantitative estimate of drug-likeness (QED) is 0.136. The van der Waals surface area contributed by atoms with Gasteiger partial charge in [-0.1, -0.05) is 86.4 Å². The number of pyridine rings is 2. The molecule has 0 fully saturated rings. The maximum absolute atomic E-state index is 6.22. The molecule has 1 radical (unpaired) electrons. The van der Waals surface area contributed by atoms with Gasteiger partial charge in [-0.25, -0.2) is 0 Å². The third-order valence-corrected chi connectivity index (χ3v) is 8.63. The maximum atomic E-state index is 6.22. The molecule has 3 aromatic carbocycles. The van der Waals surface area contributed by atoms with Crippen LogP contribution in [0.1, 0.15) is 25.3 Å². The maximum Gasteiger partial charge on any atom is 0.120 e. The Bertz CT molecular complexity index is 1670. The zero-order valence-corrected chi connectivity index (χ0v) is 26.3. The largest absolute Gasteiger partial charge is 0.501 e. The van der Waals surface area contributed by atoms with Crippen molar-refractivity contribution in [1.82, 2.24) is 9.97 Å². The summed E-state index contributed by atoms with van der Waals surface area (Å²) in [6.45, 7) is 11.5. The van der Waals surface area contributed by atoms with E-state index in [9.17, 15) is 0 Å². The Morgan fingerprint density at radius 2 is 1.54 bits per heavy atom. The van der Waals surface area contributed by atoms with Gasteiger partial charge in [-0.3, -0.25) is 0 Å². The number of nitrogens with zero attached hydrogens (tertiary/aromatic N) is 2. The molecule has 0 saturated heterocycles. The predicted molar refractivity (Wildman–Crippen MR) is 161 cm³/mol. The van der Waals surface area contributed by atoms with Crippen molar-refractivity contribution in [3.8, 4) is 22.5 Å². The molecule has 0 aliphatic carbocycles. The van der Waals surface area contributed by atoms with Gasteiger partial charge in [0.05, 0.1) is 5.58 Å². The predicted octanol–water partition coefficient (Wildman–Crippen LogP) is 8.66. The summed E-state index contributed by atoms with van der Waals surface area (Å²) in [4.78, 5) is 8.84. The number of furan rings is 1. The van der Waals surface area contributed by atoms with Crippen molar-refractivity contribution < 1.29 is 24.5 Å². The average Bonchev–Trinajstić information content (AvgIpc) is 3.33. The van der Waals surface area contributed by atoms with Crippen LogP contribution in [0.25, 0.3) is 44.5 Å². The van der Waals surface area contributed by atoms with Crippen LogP contribution in [-0.2, 0) is 20.1 Å². The topological polar surface area (TPSA) is 38.9 Å². The first-order valence-electron chi connectivity index (χ1n) is 13.0. The Kier molecular flexibility index (Phi) is 8.96. The SMILES string of the molecule is CC(C)c1ccnc(-c2[c-]cccc2)c1.C[Si](C)(C)c1c[c-]c(-c2ccccn2)c2oc3ccccc3c12.[Ir]. The molecule has 5 heteroatoms. The number of fused-ring (bicyclic) bond motifs is 3. The van der Waals surface area contributed by atoms with Crippen LogP contribution in [0.5, 0.6) is 0 Å². The third kappa shape index (κ3) is 6.28. The van der Waals surface area contributed by atoms with Gasteiger partial charge in [0, 0.05) is 46.0 Å². The minimum Gasteiger partial charge on any atom is -0.501 e. The molecule has 0 aliphatic rings. The van der Waals surface area contributed by atoms with Gasteiger partial charge < -0.3 is 14.4 Å². The Hall–Kier alpha value is -3.37. The van der Waals surface area contributed by atoms with E-state index in [1.807, 2.05) is 67.0 Å². The molecule has 39 heavy (non-hydrogen) atoms. The van der Waals surface area contributed by atoms with Gasteiger partial charge in [0.1, 0.15) is 5.58 Å². The van der Waals surface area contributed by atoms with Gasteiger partial charge in [0.25, 0.3) is 0 Å². The van der Waals surface area contributed by atoms with Crippen LogP contribution >= 0.6 is 0 Å². The summed E-state index contributed by atoms with van der Waals surface area (Å²) in [7, 11) is -1.51. The normalized spacial score (nSPS) is 11.2. The van der Waals surface area contributed by atoms with E-state index < -0.39 is 8.07 Å². The molecule has 0 unspecified atom stereocenters. The van der Waals surface area contributed by atoms with E-state index in [0.717, 1.165) is 33.7 Å². The van der Waals surface area contributed by atoms with E-state index in [-0.39, 0.29) is 20.1 Å². The zero-order chi connectivity index (χ0) is 26.7. The third-order valence-electron chi connectivity index (χ3n) is 6.62. The number of hydrogen-bond donors (Lipinski definition) is 0. The fraction of sp³-hybridized carbons (Fsp3) is 0.176. The van der Waals surface area contributed by atoms with E-state index in [1.165, 1.54) is 21.5 Å². The fourth-order valence-corrected chi connectivity index (χ4v) is 6.07. The Balaban J connectivity index is 0.000000192. The van der Waals surface area contributed by atoms with Crippen molar-refractivity contribution in [2.75, 3.05) is 0 Å². The molecule has 0 bridgehead atoms. The molecule has 0 atom stereocenters. The van der Waals surface area contributed by atoms with Crippen LogP contribution in [0, 0.1) is 12.1 Å². The first-order chi connectivity index (χ1) is 18.3. The van der Waals surface area contributed by atoms with Crippen LogP contribution in [0.3, 0.4) is 0 Å². The summed E-state index contributed by atoms with van der Waals surface area (Å²) in [6.07, 6.45) is 3.68. The molecular weight excluding hydrogens is 673 g/mol. The molecule has 3 nitrogen and oxygen atoms in total. The standard InChI is InChI=1S/C20H18NOSi.C14H14N.Ir/c1-23(2,3)18-12-11-14(16-9-6-7-13-21-16)20-19(18)15-8-4-5-10-17(15)22-20;1-11(2)13-8-9-15-14(10-13)12-6-4-3-5-7-12;/h4-10,12-13H,1-3H3;3-6,8-11H,1-2H3;/q2*-1;. The van der Waals surface area contributed by atoms with E-state index in [2.05, 4.69) is 85.9 Å². The molecule has 0 amide bonds. The summed E-state index contributed by atoms with van der Waals surface area (Å²) in [6, 6.07) is 35.1. The second-order valence-electron chi connectivity index (χ2n) is 10.8. The molecule has 0 aliphatic heterocycles. The second-order valence-corrected chi connectivity index (χ2v) is 15.8. The molecular formula is C34H32IrN2OSi-2. The van der Waals surface area contributed by atoms with Crippen molar-refractivity contribution >= 4 is 35.2 Å². The molecule has 3 heterocycles. The Morgan fingerprint density at radius 3 is 2.23 bits per heavy atom. The fourth-order valence-electron chi connectivity index (χ4n) is 4.57. The molecule has 199 valence electrons. The van der Waals surface area contributed by atoms with Gasteiger partial charge in [-0.15, -0.1) is 53.2 Å². The summed E-state index contributed by atoms with van der Waals surface area (Å²) in [5.41, 5.74) is 7.06. The summed E-state index contributed by atoms with van der Waals surface area (Å²) in [5.74, 6) is 0.537. The van der Waals surface area contributed by atoms with E-state index in [0.29, 0.717) is 5.92 Å². The number of rotatable bonds is 4. The summed E-state index contributed by atoms with van der Waals surface area (Å²) in [5, 5.41) is 3.81. The van der Waals surface area contributed by atoms with Crippen LogP contribution in [0.4, 0.5) is 0 Å². The van der Waals surface area contributed by atoms with Gasteiger partial charge >= 0.3 is 0 Å². The number of benzene rings is 3. The number of para-hydroxylation sites is 1. The van der Waals surface area contributed by atoms with Crippen molar-refractivity contribution in [2.24, 2.45) is 0 Å². The van der Waals surface area contributed by atoms with Crippen molar-refractivity contribution in [2.45, 2.75) is 39.4 Å². The van der Waals surface area contributed by atoms with E-state index in [4.69, 9.17) is 4.42 Å². The molecule has 0 spiro atoms. The van der Waals surface area contributed by atoms with Crippen molar-refractivity contribution in [1.29, 1.82) is 0 Å². The van der Waals surface area contributed by atoms with E-state index in [1.54, 1.807) is 0 Å².